The van der Waals surface area contributed by atoms with Crippen LogP contribution in [0.2, 0.25) is 5.02 Å². The van der Waals surface area contributed by atoms with Crippen molar-refractivity contribution in [3.63, 3.8) is 0 Å². The fourth-order valence-electron chi connectivity index (χ4n) is 2.11. The standard InChI is InChI=1S/C17H15ClN4O/c18-14-3-5-15(6-4-14)20-11-17(23)22-21-10-12-1-2-13-7-8-19-16(13)9-12/h1-10,19-20H,11H2,(H,22,23)/b21-10+. The van der Waals surface area contributed by atoms with E-state index in [4.69, 9.17) is 11.6 Å². The fraction of sp³-hybridized carbons (Fsp3) is 0.0588. The number of nitrogens with one attached hydrogen (secondary N) is 3. The highest BCUT2D eigenvalue weighted by Gasteiger charge is 2.00. The summed E-state index contributed by atoms with van der Waals surface area (Å²) in [5.74, 6) is -0.225. The van der Waals surface area contributed by atoms with E-state index in [1.165, 1.54) is 0 Å². The highest BCUT2D eigenvalue weighted by Crippen LogP contribution is 2.13. The minimum absolute atomic E-state index is 0.134. The van der Waals surface area contributed by atoms with Gasteiger partial charge in [0.2, 0.25) is 0 Å². The Morgan fingerprint density at radius 1 is 1.17 bits per heavy atom. The Morgan fingerprint density at radius 3 is 2.83 bits per heavy atom. The molecule has 0 bridgehead atoms. The molecule has 0 saturated heterocycles. The molecule has 0 aliphatic carbocycles. The minimum Gasteiger partial charge on any atom is -0.376 e. The van der Waals surface area contributed by atoms with Gasteiger partial charge in [-0.3, -0.25) is 4.79 Å². The van der Waals surface area contributed by atoms with Crippen LogP contribution in [0.15, 0.2) is 59.8 Å². The topological polar surface area (TPSA) is 69.3 Å². The lowest BCUT2D eigenvalue weighted by atomic mass is 10.2. The molecule has 0 aliphatic heterocycles. The van der Waals surface area contributed by atoms with E-state index in [-0.39, 0.29) is 12.5 Å². The molecular formula is C17H15ClN4O. The molecule has 1 heterocycles. The van der Waals surface area contributed by atoms with Crippen LogP contribution in [0.4, 0.5) is 5.69 Å². The third kappa shape index (κ3) is 4.11. The van der Waals surface area contributed by atoms with Gasteiger partial charge < -0.3 is 10.3 Å². The van der Waals surface area contributed by atoms with Gasteiger partial charge in [0.15, 0.2) is 0 Å². The average Bonchev–Trinajstić information content (AvgIpc) is 3.02. The number of hydrogen-bond donors (Lipinski definition) is 3. The first kappa shape index (κ1) is 15.1. The highest BCUT2D eigenvalue weighted by atomic mass is 35.5. The van der Waals surface area contributed by atoms with Crippen molar-refractivity contribution in [2.24, 2.45) is 5.10 Å². The summed E-state index contributed by atoms with van der Waals surface area (Å²) < 4.78 is 0. The zero-order chi connectivity index (χ0) is 16.1. The second-order valence-corrected chi connectivity index (χ2v) is 5.41. The predicted molar refractivity (Wildman–Crippen MR) is 94.0 cm³/mol. The smallest absolute Gasteiger partial charge is 0.259 e. The van der Waals surface area contributed by atoms with Gasteiger partial charge in [-0.1, -0.05) is 23.7 Å². The number of amides is 1. The van der Waals surface area contributed by atoms with E-state index >= 15 is 0 Å². The number of nitrogens with zero attached hydrogens (tertiary/aromatic N) is 1. The highest BCUT2D eigenvalue weighted by molar-refractivity contribution is 6.30. The number of aromatic nitrogens is 1. The zero-order valence-electron chi connectivity index (χ0n) is 12.2. The van der Waals surface area contributed by atoms with Gasteiger partial charge in [0, 0.05) is 22.4 Å². The summed E-state index contributed by atoms with van der Waals surface area (Å²) in [4.78, 5) is 14.9. The van der Waals surface area contributed by atoms with E-state index in [1.807, 2.05) is 42.6 Å². The van der Waals surface area contributed by atoms with E-state index in [9.17, 15) is 4.79 Å². The zero-order valence-corrected chi connectivity index (χ0v) is 13.0. The molecule has 0 aliphatic rings. The summed E-state index contributed by atoms with van der Waals surface area (Å²) in [5.41, 5.74) is 5.25. The normalized spacial score (nSPS) is 11.0. The van der Waals surface area contributed by atoms with Gasteiger partial charge in [0.05, 0.1) is 12.8 Å². The number of benzene rings is 2. The molecule has 0 atom stereocenters. The van der Waals surface area contributed by atoms with Gasteiger partial charge in [0.25, 0.3) is 5.91 Å². The molecule has 0 saturated carbocycles. The molecule has 1 amide bonds. The summed E-state index contributed by atoms with van der Waals surface area (Å²) in [7, 11) is 0. The van der Waals surface area contributed by atoms with Crippen LogP contribution in [-0.4, -0.2) is 23.7 Å². The van der Waals surface area contributed by atoms with Gasteiger partial charge in [-0.2, -0.15) is 5.10 Å². The lowest BCUT2D eigenvalue weighted by Gasteiger charge is -2.05. The van der Waals surface area contributed by atoms with E-state index in [2.05, 4.69) is 20.8 Å². The molecule has 5 nitrogen and oxygen atoms in total. The van der Waals surface area contributed by atoms with Crippen LogP contribution >= 0.6 is 11.6 Å². The van der Waals surface area contributed by atoms with Gasteiger partial charge >= 0.3 is 0 Å². The van der Waals surface area contributed by atoms with Crippen molar-refractivity contribution in [1.29, 1.82) is 0 Å². The second kappa shape index (κ2) is 6.98. The number of hydrazone groups is 1. The van der Waals surface area contributed by atoms with Crippen molar-refractivity contribution >= 4 is 40.3 Å². The van der Waals surface area contributed by atoms with Crippen molar-refractivity contribution in [3.8, 4) is 0 Å². The number of aromatic amines is 1. The van der Waals surface area contributed by atoms with Crippen LogP contribution in [0.1, 0.15) is 5.56 Å². The average molecular weight is 327 g/mol. The number of fused-ring (bicyclic) bond motifs is 1. The van der Waals surface area contributed by atoms with Crippen LogP contribution < -0.4 is 10.7 Å². The number of carbonyl (C=O) groups is 1. The molecule has 0 spiro atoms. The maximum atomic E-state index is 11.7. The number of halogens is 1. The largest absolute Gasteiger partial charge is 0.376 e. The number of H-pyrrole nitrogens is 1. The van der Waals surface area contributed by atoms with E-state index < -0.39 is 0 Å². The molecule has 3 N–H and O–H groups in total. The molecule has 6 heteroatoms. The maximum Gasteiger partial charge on any atom is 0.259 e. The summed E-state index contributed by atoms with van der Waals surface area (Å²) >= 11 is 5.80. The third-order valence-corrected chi connectivity index (χ3v) is 3.53. The van der Waals surface area contributed by atoms with Crippen molar-refractivity contribution in [2.75, 3.05) is 11.9 Å². The Balaban J connectivity index is 1.50. The molecular weight excluding hydrogens is 312 g/mol. The molecule has 23 heavy (non-hydrogen) atoms. The third-order valence-electron chi connectivity index (χ3n) is 3.28. The number of carbonyl (C=O) groups excluding carboxylic acids is 1. The van der Waals surface area contributed by atoms with E-state index in [1.54, 1.807) is 18.3 Å². The maximum absolute atomic E-state index is 11.7. The number of rotatable bonds is 5. The van der Waals surface area contributed by atoms with Crippen LogP contribution in [0.25, 0.3) is 10.9 Å². The Hall–Kier alpha value is -2.79. The monoisotopic (exact) mass is 326 g/mol. The summed E-state index contributed by atoms with van der Waals surface area (Å²) in [6.45, 7) is 0.134. The molecule has 3 aromatic rings. The van der Waals surface area contributed by atoms with Crippen molar-refractivity contribution in [3.05, 3.63) is 65.3 Å². The van der Waals surface area contributed by atoms with Crippen LogP contribution in [-0.2, 0) is 4.79 Å². The Kier molecular flexibility index (Phi) is 4.59. The second-order valence-electron chi connectivity index (χ2n) is 4.98. The number of hydrogen-bond acceptors (Lipinski definition) is 3. The Bertz CT molecular complexity index is 839. The van der Waals surface area contributed by atoms with Crippen molar-refractivity contribution < 1.29 is 4.79 Å². The van der Waals surface area contributed by atoms with Crippen molar-refractivity contribution in [2.45, 2.75) is 0 Å². The lowest BCUT2D eigenvalue weighted by molar-refractivity contribution is -0.119. The first-order valence-electron chi connectivity index (χ1n) is 7.09. The molecule has 116 valence electrons. The lowest BCUT2D eigenvalue weighted by Crippen LogP contribution is -2.25. The fourth-order valence-corrected chi connectivity index (χ4v) is 2.24. The van der Waals surface area contributed by atoms with Crippen LogP contribution in [0.5, 0.6) is 0 Å². The molecule has 2 aromatic carbocycles. The molecule has 0 unspecified atom stereocenters. The van der Waals surface area contributed by atoms with E-state index in [0.717, 1.165) is 22.2 Å². The molecule has 0 fully saturated rings. The van der Waals surface area contributed by atoms with Gasteiger partial charge in [-0.25, -0.2) is 5.43 Å². The van der Waals surface area contributed by atoms with Gasteiger partial charge in [-0.05, 0) is 47.3 Å². The summed E-state index contributed by atoms with van der Waals surface area (Å²) in [5, 5.41) is 8.74. The Morgan fingerprint density at radius 2 is 2.00 bits per heavy atom. The SMILES string of the molecule is O=C(CNc1ccc(Cl)cc1)N/N=C/c1ccc2cc[nH]c2c1. The van der Waals surface area contributed by atoms with Gasteiger partial charge in [-0.15, -0.1) is 0 Å². The van der Waals surface area contributed by atoms with Gasteiger partial charge in [0.1, 0.15) is 0 Å². The molecule has 0 radical (unpaired) electrons. The van der Waals surface area contributed by atoms with Crippen LogP contribution in [0.3, 0.4) is 0 Å². The molecule has 3 rings (SSSR count). The summed E-state index contributed by atoms with van der Waals surface area (Å²) in [6.07, 6.45) is 3.50. The minimum atomic E-state index is -0.225. The number of anilines is 1. The molecule has 1 aromatic heterocycles. The first-order chi connectivity index (χ1) is 11.2. The summed E-state index contributed by atoms with van der Waals surface area (Å²) in [6, 6.07) is 15.1. The van der Waals surface area contributed by atoms with E-state index in [0.29, 0.717) is 5.02 Å². The quantitative estimate of drug-likeness (QED) is 0.497. The van der Waals surface area contributed by atoms with Crippen molar-refractivity contribution in [1.82, 2.24) is 10.4 Å². The predicted octanol–water partition coefficient (Wildman–Crippen LogP) is 3.38. The first-order valence-corrected chi connectivity index (χ1v) is 7.47. The Labute approximate surface area is 138 Å². The van der Waals surface area contributed by atoms with Crippen LogP contribution in [0, 0.1) is 0 Å².